The van der Waals surface area contributed by atoms with E-state index in [1.807, 2.05) is 24.3 Å². The van der Waals surface area contributed by atoms with Gasteiger partial charge in [0.1, 0.15) is 10.9 Å². The van der Waals surface area contributed by atoms with Crippen molar-refractivity contribution in [2.75, 3.05) is 7.05 Å². The van der Waals surface area contributed by atoms with Gasteiger partial charge in [0.25, 0.3) is 0 Å². The SMILES string of the molecule is CNC(=O)[C@H]1Cc2ccccc2CN1S(=O)(=O)c1cc(Cl)ccc1Cl. The molecule has 0 fully saturated rings. The van der Waals surface area contributed by atoms with Gasteiger partial charge >= 0.3 is 0 Å². The molecule has 1 aliphatic rings. The number of nitrogens with zero attached hydrogens (tertiary/aromatic N) is 1. The van der Waals surface area contributed by atoms with Gasteiger partial charge in [0.05, 0.1) is 5.02 Å². The van der Waals surface area contributed by atoms with Crippen LogP contribution in [0.4, 0.5) is 0 Å². The molecule has 0 saturated heterocycles. The lowest BCUT2D eigenvalue weighted by Crippen LogP contribution is -2.51. The van der Waals surface area contributed by atoms with Crippen LogP contribution in [0.2, 0.25) is 10.0 Å². The number of halogens is 2. The van der Waals surface area contributed by atoms with Gasteiger partial charge in [-0.1, -0.05) is 47.5 Å². The topological polar surface area (TPSA) is 66.5 Å². The molecule has 0 spiro atoms. The zero-order valence-electron chi connectivity index (χ0n) is 13.4. The third-order valence-electron chi connectivity index (χ3n) is 4.23. The van der Waals surface area contributed by atoms with E-state index in [-0.39, 0.29) is 27.4 Å². The number of benzene rings is 2. The van der Waals surface area contributed by atoms with Gasteiger partial charge in [0, 0.05) is 18.6 Å². The van der Waals surface area contributed by atoms with Crippen LogP contribution in [0, 0.1) is 0 Å². The fraction of sp³-hybridized carbons (Fsp3) is 0.235. The molecule has 1 heterocycles. The number of hydrogen-bond acceptors (Lipinski definition) is 3. The van der Waals surface area contributed by atoms with Crippen molar-refractivity contribution in [3.05, 3.63) is 63.6 Å². The summed E-state index contributed by atoms with van der Waals surface area (Å²) in [5, 5.41) is 2.87. The molecule has 0 unspecified atom stereocenters. The molecule has 5 nitrogen and oxygen atoms in total. The normalized spacial score (nSPS) is 17.8. The Morgan fingerprint density at radius 3 is 2.52 bits per heavy atom. The van der Waals surface area contributed by atoms with Crippen LogP contribution >= 0.6 is 23.2 Å². The summed E-state index contributed by atoms with van der Waals surface area (Å²) in [4.78, 5) is 12.2. The smallest absolute Gasteiger partial charge is 0.245 e. The van der Waals surface area contributed by atoms with Crippen molar-refractivity contribution in [1.29, 1.82) is 0 Å². The van der Waals surface area contributed by atoms with Crippen molar-refractivity contribution in [2.24, 2.45) is 0 Å². The summed E-state index contributed by atoms with van der Waals surface area (Å²) in [5.41, 5.74) is 1.82. The molecular weight excluding hydrogens is 383 g/mol. The molecule has 1 aliphatic heterocycles. The Morgan fingerprint density at radius 1 is 1.16 bits per heavy atom. The molecule has 1 atom stereocenters. The van der Waals surface area contributed by atoms with Crippen molar-refractivity contribution >= 4 is 39.1 Å². The molecule has 25 heavy (non-hydrogen) atoms. The van der Waals surface area contributed by atoms with Gasteiger partial charge in [-0.2, -0.15) is 4.31 Å². The van der Waals surface area contributed by atoms with Crippen LogP contribution < -0.4 is 5.32 Å². The molecule has 1 N–H and O–H groups in total. The minimum atomic E-state index is -4.01. The second-order valence-corrected chi connectivity index (χ2v) is 8.43. The summed E-state index contributed by atoms with van der Waals surface area (Å²) in [6.45, 7) is 0.0967. The van der Waals surface area contributed by atoms with Gasteiger partial charge in [-0.25, -0.2) is 8.42 Å². The molecule has 8 heteroatoms. The quantitative estimate of drug-likeness (QED) is 0.863. The van der Waals surface area contributed by atoms with Gasteiger partial charge in [0.2, 0.25) is 15.9 Å². The predicted molar refractivity (Wildman–Crippen MR) is 97.2 cm³/mol. The second-order valence-electron chi connectivity index (χ2n) is 5.73. The van der Waals surface area contributed by atoms with E-state index in [1.165, 1.54) is 29.6 Å². The van der Waals surface area contributed by atoms with Crippen LogP contribution in [0.1, 0.15) is 11.1 Å². The number of hydrogen-bond donors (Lipinski definition) is 1. The predicted octanol–water partition coefficient (Wildman–Crippen LogP) is 2.86. The van der Waals surface area contributed by atoms with E-state index in [4.69, 9.17) is 23.2 Å². The molecule has 2 aromatic rings. The summed E-state index contributed by atoms with van der Waals surface area (Å²) in [7, 11) is -2.52. The van der Waals surface area contributed by atoms with Crippen LogP contribution in [-0.4, -0.2) is 31.7 Å². The molecule has 0 radical (unpaired) electrons. The van der Waals surface area contributed by atoms with Crippen LogP contribution in [0.15, 0.2) is 47.4 Å². The van der Waals surface area contributed by atoms with Gasteiger partial charge < -0.3 is 5.32 Å². The highest BCUT2D eigenvalue weighted by Crippen LogP contribution is 2.33. The first kappa shape index (κ1) is 18.2. The summed E-state index contributed by atoms with van der Waals surface area (Å²) < 4.78 is 27.6. The molecule has 1 amide bonds. The number of carbonyl (C=O) groups excluding carboxylic acids is 1. The maximum absolute atomic E-state index is 13.2. The van der Waals surface area contributed by atoms with Gasteiger partial charge in [0.15, 0.2) is 0 Å². The molecule has 132 valence electrons. The average molecular weight is 399 g/mol. The number of carbonyl (C=O) groups is 1. The highest BCUT2D eigenvalue weighted by atomic mass is 35.5. The van der Waals surface area contributed by atoms with E-state index in [0.29, 0.717) is 6.42 Å². The van der Waals surface area contributed by atoms with E-state index in [2.05, 4.69) is 5.32 Å². The van der Waals surface area contributed by atoms with Gasteiger partial charge in [-0.05, 0) is 35.7 Å². The largest absolute Gasteiger partial charge is 0.358 e. The zero-order valence-corrected chi connectivity index (χ0v) is 15.7. The molecular formula is C17H16Cl2N2O3S. The Labute approximate surface area is 156 Å². The lowest BCUT2D eigenvalue weighted by molar-refractivity contribution is -0.124. The molecule has 0 saturated carbocycles. The van der Waals surface area contributed by atoms with E-state index < -0.39 is 16.1 Å². The van der Waals surface area contributed by atoms with E-state index in [1.54, 1.807) is 0 Å². The zero-order chi connectivity index (χ0) is 18.2. The first-order chi connectivity index (χ1) is 11.8. The first-order valence-corrected chi connectivity index (χ1v) is 9.79. The molecule has 0 bridgehead atoms. The van der Waals surface area contributed by atoms with Crippen molar-refractivity contribution < 1.29 is 13.2 Å². The van der Waals surface area contributed by atoms with Crippen molar-refractivity contribution in [1.82, 2.24) is 9.62 Å². The van der Waals surface area contributed by atoms with Gasteiger partial charge in [-0.3, -0.25) is 4.79 Å². The fourth-order valence-corrected chi connectivity index (χ4v) is 5.25. The molecule has 2 aromatic carbocycles. The second kappa shape index (κ2) is 6.96. The number of fused-ring (bicyclic) bond motifs is 1. The minimum absolute atomic E-state index is 0.0684. The summed E-state index contributed by atoms with van der Waals surface area (Å²) in [6.07, 6.45) is 0.299. The van der Waals surface area contributed by atoms with Crippen LogP contribution in [0.25, 0.3) is 0 Å². The number of nitrogens with one attached hydrogen (secondary N) is 1. The monoisotopic (exact) mass is 398 g/mol. The van der Waals surface area contributed by atoms with Crippen molar-refractivity contribution in [2.45, 2.75) is 23.9 Å². The fourth-order valence-electron chi connectivity index (χ4n) is 2.94. The highest BCUT2D eigenvalue weighted by molar-refractivity contribution is 7.89. The minimum Gasteiger partial charge on any atom is -0.358 e. The lowest BCUT2D eigenvalue weighted by atomic mass is 9.95. The standard InChI is InChI=1S/C17H16Cl2N2O3S/c1-20-17(22)15-8-11-4-2-3-5-12(11)10-21(15)25(23,24)16-9-13(18)6-7-14(16)19/h2-7,9,15H,8,10H2,1H3,(H,20,22)/t15-/m1/s1. The first-order valence-electron chi connectivity index (χ1n) is 7.60. The lowest BCUT2D eigenvalue weighted by Gasteiger charge is -2.34. The van der Waals surface area contributed by atoms with Crippen LogP contribution in [-0.2, 0) is 27.8 Å². The number of sulfonamides is 1. The van der Waals surface area contributed by atoms with E-state index in [0.717, 1.165) is 11.1 Å². The average Bonchev–Trinajstić information content (AvgIpc) is 2.61. The van der Waals surface area contributed by atoms with E-state index >= 15 is 0 Å². The Kier molecular flexibility index (Phi) is 5.06. The molecule has 3 rings (SSSR count). The Hall–Kier alpha value is -1.60. The maximum atomic E-state index is 13.2. The number of likely N-dealkylation sites (N-methyl/N-ethyl adjacent to an activating group) is 1. The highest BCUT2D eigenvalue weighted by Gasteiger charge is 2.40. The Balaban J connectivity index is 2.11. The third-order valence-corrected chi connectivity index (χ3v) is 6.81. The summed E-state index contributed by atoms with van der Waals surface area (Å²) >= 11 is 12.0. The number of rotatable bonds is 3. The van der Waals surface area contributed by atoms with Crippen LogP contribution in [0.3, 0.4) is 0 Å². The van der Waals surface area contributed by atoms with Crippen molar-refractivity contribution in [3.8, 4) is 0 Å². The molecule has 0 aliphatic carbocycles. The Morgan fingerprint density at radius 2 is 1.84 bits per heavy atom. The van der Waals surface area contributed by atoms with Crippen molar-refractivity contribution in [3.63, 3.8) is 0 Å². The summed E-state index contributed by atoms with van der Waals surface area (Å²) in [5.74, 6) is -0.365. The third kappa shape index (κ3) is 3.40. The van der Waals surface area contributed by atoms with E-state index in [9.17, 15) is 13.2 Å². The maximum Gasteiger partial charge on any atom is 0.245 e. The van der Waals surface area contributed by atoms with Gasteiger partial charge in [-0.15, -0.1) is 0 Å². The molecule has 0 aromatic heterocycles. The summed E-state index contributed by atoms with van der Waals surface area (Å²) in [6, 6.07) is 10.9. The Bertz CT molecular complexity index is 931. The number of amides is 1. The van der Waals surface area contributed by atoms with Crippen LogP contribution in [0.5, 0.6) is 0 Å².